The Morgan fingerprint density at radius 1 is 1.73 bits per heavy atom. The maximum absolute atomic E-state index is 10.2. The number of hydrogen-bond acceptors (Lipinski definition) is 2. The van der Waals surface area contributed by atoms with Gasteiger partial charge in [-0.1, -0.05) is 13.8 Å². The number of imidazole rings is 1. The summed E-state index contributed by atoms with van der Waals surface area (Å²) < 4.78 is 1.86. The van der Waals surface area contributed by atoms with Gasteiger partial charge in [-0.25, -0.2) is 4.98 Å². The zero-order valence-electron chi connectivity index (χ0n) is 6.82. The van der Waals surface area contributed by atoms with Crippen molar-refractivity contribution in [3.63, 3.8) is 0 Å². The molecule has 11 heavy (non-hydrogen) atoms. The molecule has 0 spiro atoms. The Morgan fingerprint density at radius 2 is 2.45 bits per heavy atom. The summed E-state index contributed by atoms with van der Waals surface area (Å²) >= 11 is 0. The van der Waals surface area contributed by atoms with E-state index in [1.165, 1.54) is 0 Å². The molecule has 1 aromatic rings. The van der Waals surface area contributed by atoms with Crippen LogP contribution in [0.3, 0.4) is 0 Å². The predicted molar refractivity (Wildman–Crippen MR) is 42.4 cm³/mol. The number of nitrogens with zero attached hydrogens (tertiary/aromatic N) is 2. The number of hydrogen-bond donors (Lipinski definition) is 0. The van der Waals surface area contributed by atoms with E-state index in [1.54, 1.807) is 6.20 Å². The number of rotatable bonds is 3. The highest BCUT2D eigenvalue weighted by Crippen LogP contribution is 2.10. The Morgan fingerprint density at radius 3 is 3.00 bits per heavy atom. The van der Waals surface area contributed by atoms with Crippen molar-refractivity contribution in [1.82, 2.24) is 9.55 Å². The third-order valence-corrected chi connectivity index (χ3v) is 1.54. The van der Waals surface area contributed by atoms with Crippen molar-refractivity contribution in [2.24, 2.45) is 0 Å². The van der Waals surface area contributed by atoms with E-state index in [2.05, 4.69) is 18.8 Å². The first-order chi connectivity index (χ1) is 5.25. The highest BCUT2D eigenvalue weighted by Gasteiger charge is 2.05. The SMILES string of the molecule is CC(C)c1nccn1CC=O. The molecular weight excluding hydrogens is 140 g/mol. The van der Waals surface area contributed by atoms with Crippen LogP contribution in [0.1, 0.15) is 25.6 Å². The first kappa shape index (κ1) is 7.98. The van der Waals surface area contributed by atoms with Crippen molar-refractivity contribution < 1.29 is 4.79 Å². The van der Waals surface area contributed by atoms with E-state index in [-0.39, 0.29) is 0 Å². The molecule has 0 saturated heterocycles. The monoisotopic (exact) mass is 152 g/mol. The minimum Gasteiger partial charge on any atom is -0.328 e. The summed E-state index contributed by atoms with van der Waals surface area (Å²) in [7, 11) is 0. The van der Waals surface area contributed by atoms with Gasteiger partial charge < -0.3 is 9.36 Å². The molecule has 60 valence electrons. The average Bonchev–Trinajstić information content (AvgIpc) is 2.36. The smallest absolute Gasteiger partial charge is 0.139 e. The normalized spacial score (nSPS) is 10.5. The van der Waals surface area contributed by atoms with Gasteiger partial charge in [0, 0.05) is 18.3 Å². The molecule has 0 N–H and O–H groups in total. The second-order valence-electron chi connectivity index (χ2n) is 2.76. The zero-order chi connectivity index (χ0) is 8.27. The molecule has 1 rings (SSSR count). The van der Waals surface area contributed by atoms with Crippen LogP contribution >= 0.6 is 0 Å². The predicted octanol–water partition coefficient (Wildman–Crippen LogP) is 1.21. The number of aldehydes is 1. The summed E-state index contributed by atoms with van der Waals surface area (Å²) in [5.74, 6) is 1.35. The van der Waals surface area contributed by atoms with Crippen molar-refractivity contribution in [2.45, 2.75) is 26.3 Å². The first-order valence-electron chi connectivity index (χ1n) is 3.70. The topological polar surface area (TPSA) is 34.9 Å². The van der Waals surface area contributed by atoms with Crippen molar-refractivity contribution in [3.8, 4) is 0 Å². The van der Waals surface area contributed by atoms with Crippen LogP contribution in [0.2, 0.25) is 0 Å². The van der Waals surface area contributed by atoms with E-state index >= 15 is 0 Å². The summed E-state index contributed by atoms with van der Waals surface area (Å²) in [6.07, 6.45) is 4.43. The van der Waals surface area contributed by atoms with E-state index in [9.17, 15) is 4.79 Å². The van der Waals surface area contributed by atoms with E-state index < -0.39 is 0 Å². The van der Waals surface area contributed by atoms with E-state index in [4.69, 9.17) is 0 Å². The fourth-order valence-electron chi connectivity index (χ4n) is 1.06. The average molecular weight is 152 g/mol. The number of carbonyl (C=O) groups excluding carboxylic acids is 1. The Labute approximate surface area is 66.1 Å². The van der Waals surface area contributed by atoms with Gasteiger partial charge in [-0.05, 0) is 0 Å². The van der Waals surface area contributed by atoms with Crippen LogP contribution < -0.4 is 0 Å². The largest absolute Gasteiger partial charge is 0.328 e. The fraction of sp³-hybridized carbons (Fsp3) is 0.500. The van der Waals surface area contributed by atoms with Crippen LogP contribution in [0.25, 0.3) is 0 Å². The standard InChI is InChI=1S/C8H12N2O/c1-7(2)8-9-3-4-10(8)5-6-11/h3-4,6-7H,5H2,1-2H3. The van der Waals surface area contributed by atoms with Crippen molar-refractivity contribution in [1.29, 1.82) is 0 Å². The lowest BCUT2D eigenvalue weighted by molar-refractivity contribution is -0.108. The van der Waals surface area contributed by atoms with Crippen LogP contribution in [0.15, 0.2) is 12.4 Å². The van der Waals surface area contributed by atoms with Gasteiger partial charge in [0.25, 0.3) is 0 Å². The second-order valence-corrected chi connectivity index (χ2v) is 2.76. The lowest BCUT2D eigenvalue weighted by atomic mass is 10.2. The Hall–Kier alpha value is -1.12. The van der Waals surface area contributed by atoms with Crippen LogP contribution in [0.5, 0.6) is 0 Å². The molecule has 0 saturated carbocycles. The van der Waals surface area contributed by atoms with Crippen LogP contribution in [0, 0.1) is 0 Å². The molecule has 0 bridgehead atoms. The quantitative estimate of drug-likeness (QED) is 0.610. The maximum atomic E-state index is 10.2. The fourth-order valence-corrected chi connectivity index (χ4v) is 1.06. The molecule has 3 heteroatoms. The van der Waals surface area contributed by atoms with Crippen molar-refractivity contribution in [2.75, 3.05) is 0 Å². The molecule has 0 atom stereocenters. The Bertz CT molecular complexity index is 240. The Balaban J connectivity index is 2.86. The van der Waals surface area contributed by atoms with Gasteiger partial charge in [-0.3, -0.25) is 0 Å². The van der Waals surface area contributed by atoms with Gasteiger partial charge >= 0.3 is 0 Å². The summed E-state index contributed by atoms with van der Waals surface area (Å²) in [6, 6.07) is 0. The molecule has 1 heterocycles. The highest BCUT2D eigenvalue weighted by molar-refractivity contribution is 5.49. The highest BCUT2D eigenvalue weighted by atomic mass is 16.1. The van der Waals surface area contributed by atoms with Crippen LogP contribution in [-0.2, 0) is 11.3 Å². The van der Waals surface area contributed by atoms with Crippen molar-refractivity contribution >= 4 is 6.29 Å². The van der Waals surface area contributed by atoms with E-state index in [0.717, 1.165) is 12.1 Å². The molecular formula is C8H12N2O. The van der Waals surface area contributed by atoms with Gasteiger partial charge in [0.15, 0.2) is 0 Å². The van der Waals surface area contributed by atoms with Gasteiger partial charge in [0.1, 0.15) is 12.1 Å². The third kappa shape index (κ3) is 1.67. The first-order valence-corrected chi connectivity index (χ1v) is 3.70. The molecule has 0 amide bonds. The lowest BCUT2D eigenvalue weighted by Gasteiger charge is -2.05. The zero-order valence-corrected chi connectivity index (χ0v) is 6.82. The summed E-state index contributed by atoms with van der Waals surface area (Å²) in [5, 5.41) is 0. The van der Waals surface area contributed by atoms with E-state index in [0.29, 0.717) is 12.5 Å². The molecule has 0 aromatic carbocycles. The molecule has 0 fully saturated rings. The van der Waals surface area contributed by atoms with Gasteiger partial charge in [-0.2, -0.15) is 0 Å². The maximum Gasteiger partial charge on any atom is 0.139 e. The summed E-state index contributed by atoms with van der Waals surface area (Å²) in [4.78, 5) is 14.3. The Kier molecular flexibility index (Phi) is 2.41. The van der Waals surface area contributed by atoms with Crippen LogP contribution in [-0.4, -0.2) is 15.8 Å². The number of aromatic nitrogens is 2. The number of carbonyl (C=O) groups is 1. The molecule has 0 radical (unpaired) electrons. The molecule has 0 aliphatic heterocycles. The minimum absolute atomic E-state index is 0.380. The third-order valence-electron chi connectivity index (χ3n) is 1.54. The molecule has 0 aliphatic carbocycles. The second kappa shape index (κ2) is 3.32. The molecule has 0 aliphatic rings. The van der Waals surface area contributed by atoms with Gasteiger partial charge in [0.05, 0.1) is 6.54 Å². The molecule has 3 nitrogen and oxygen atoms in total. The van der Waals surface area contributed by atoms with Crippen LogP contribution in [0.4, 0.5) is 0 Å². The summed E-state index contributed by atoms with van der Waals surface area (Å²) in [5.41, 5.74) is 0. The van der Waals surface area contributed by atoms with Gasteiger partial charge in [-0.15, -0.1) is 0 Å². The van der Waals surface area contributed by atoms with E-state index in [1.807, 2.05) is 10.8 Å². The minimum atomic E-state index is 0.380. The lowest BCUT2D eigenvalue weighted by Crippen LogP contribution is -2.05. The van der Waals surface area contributed by atoms with Gasteiger partial charge in [0.2, 0.25) is 0 Å². The molecule has 0 unspecified atom stereocenters. The molecule has 1 aromatic heterocycles. The summed E-state index contributed by atoms with van der Waals surface area (Å²) in [6.45, 7) is 4.53. The van der Waals surface area contributed by atoms with Crippen molar-refractivity contribution in [3.05, 3.63) is 18.2 Å².